The third kappa shape index (κ3) is 2.58. The zero-order chi connectivity index (χ0) is 16.5. The summed E-state index contributed by atoms with van der Waals surface area (Å²) < 4.78 is 1.88. The van der Waals surface area contributed by atoms with E-state index in [1.165, 1.54) is 5.56 Å². The monoisotopic (exact) mass is 318 g/mol. The fraction of sp³-hybridized carbons (Fsp3) is 0.211. The maximum absolute atomic E-state index is 13.0. The molecule has 0 spiro atoms. The number of carbonyl (C=O) groups is 1. The van der Waals surface area contributed by atoms with Gasteiger partial charge in [-0.2, -0.15) is 0 Å². The first-order chi connectivity index (χ1) is 11.7. The number of aryl methyl sites for hydroxylation is 2. The van der Waals surface area contributed by atoms with E-state index in [1.807, 2.05) is 46.9 Å². The Labute approximate surface area is 140 Å². The Bertz CT molecular complexity index is 900. The average Bonchev–Trinajstić information content (AvgIpc) is 3.07. The van der Waals surface area contributed by atoms with Gasteiger partial charge in [-0.1, -0.05) is 18.2 Å². The van der Waals surface area contributed by atoms with Crippen LogP contribution in [0.2, 0.25) is 0 Å². The number of para-hydroxylation sites is 1. The van der Waals surface area contributed by atoms with Crippen LogP contribution < -0.4 is 4.90 Å². The molecular weight excluding hydrogens is 300 g/mol. The number of anilines is 1. The molecule has 1 aromatic carbocycles. The minimum atomic E-state index is -0.00617. The van der Waals surface area contributed by atoms with Gasteiger partial charge in [-0.3, -0.25) is 9.78 Å². The molecule has 0 aliphatic carbocycles. The van der Waals surface area contributed by atoms with E-state index in [2.05, 4.69) is 16.0 Å². The van der Waals surface area contributed by atoms with E-state index in [9.17, 15) is 4.79 Å². The van der Waals surface area contributed by atoms with Crippen molar-refractivity contribution in [3.05, 3.63) is 72.1 Å². The Morgan fingerprint density at radius 2 is 2.08 bits per heavy atom. The van der Waals surface area contributed by atoms with Crippen molar-refractivity contribution in [1.82, 2.24) is 14.5 Å². The standard InChI is InChI=1S/C19H18N4O/c1-14-12-22(13-21-14)17-9-16(10-20-11-17)19(24)23-8-4-6-15-5-2-3-7-18(15)23/h2-3,5,7,9-13H,4,6,8H2,1H3. The molecule has 0 saturated carbocycles. The van der Waals surface area contributed by atoms with Gasteiger partial charge in [0.25, 0.3) is 5.91 Å². The lowest BCUT2D eigenvalue weighted by molar-refractivity contribution is 0.0984. The molecule has 0 unspecified atom stereocenters. The highest BCUT2D eigenvalue weighted by atomic mass is 16.2. The van der Waals surface area contributed by atoms with Gasteiger partial charge in [0.2, 0.25) is 0 Å². The Balaban J connectivity index is 1.69. The van der Waals surface area contributed by atoms with E-state index < -0.39 is 0 Å². The Kier molecular flexibility index (Phi) is 3.61. The van der Waals surface area contributed by atoms with Crippen molar-refractivity contribution in [3.63, 3.8) is 0 Å². The summed E-state index contributed by atoms with van der Waals surface area (Å²) in [4.78, 5) is 23.3. The minimum Gasteiger partial charge on any atom is -0.308 e. The summed E-state index contributed by atoms with van der Waals surface area (Å²) in [5, 5.41) is 0. The SMILES string of the molecule is Cc1cn(-c2cncc(C(=O)N3CCCc4ccccc43)c2)cn1. The normalized spacial score (nSPS) is 13.6. The molecule has 24 heavy (non-hydrogen) atoms. The maximum Gasteiger partial charge on any atom is 0.259 e. The summed E-state index contributed by atoms with van der Waals surface area (Å²) >= 11 is 0. The summed E-state index contributed by atoms with van der Waals surface area (Å²) in [5.41, 5.74) is 4.60. The number of aromatic nitrogens is 3. The van der Waals surface area contributed by atoms with Gasteiger partial charge >= 0.3 is 0 Å². The predicted molar refractivity (Wildman–Crippen MR) is 92.5 cm³/mol. The van der Waals surface area contributed by atoms with Crippen LogP contribution in [0.4, 0.5) is 5.69 Å². The van der Waals surface area contributed by atoms with Gasteiger partial charge in [-0.15, -0.1) is 0 Å². The fourth-order valence-corrected chi connectivity index (χ4v) is 3.15. The van der Waals surface area contributed by atoms with Crippen molar-refractivity contribution in [2.75, 3.05) is 11.4 Å². The van der Waals surface area contributed by atoms with E-state index in [0.29, 0.717) is 5.56 Å². The third-order valence-electron chi connectivity index (χ3n) is 4.34. The molecular formula is C19H18N4O. The van der Waals surface area contributed by atoms with Crippen LogP contribution in [0.25, 0.3) is 5.69 Å². The number of hydrogen-bond donors (Lipinski definition) is 0. The summed E-state index contributed by atoms with van der Waals surface area (Å²) in [5.74, 6) is -0.00617. The van der Waals surface area contributed by atoms with E-state index in [4.69, 9.17) is 0 Å². The molecule has 0 radical (unpaired) electrons. The van der Waals surface area contributed by atoms with Crippen LogP contribution in [0.15, 0.2) is 55.2 Å². The molecule has 5 heteroatoms. The first-order valence-electron chi connectivity index (χ1n) is 8.08. The number of hydrogen-bond acceptors (Lipinski definition) is 3. The second kappa shape index (κ2) is 5.92. The van der Waals surface area contributed by atoms with Crippen LogP contribution in [0.1, 0.15) is 28.0 Å². The van der Waals surface area contributed by atoms with E-state index in [0.717, 1.165) is 36.5 Å². The Morgan fingerprint density at radius 1 is 1.21 bits per heavy atom. The largest absolute Gasteiger partial charge is 0.308 e. The van der Waals surface area contributed by atoms with Crippen molar-refractivity contribution in [3.8, 4) is 5.69 Å². The molecule has 2 aromatic heterocycles. The molecule has 0 N–H and O–H groups in total. The van der Waals surface area contributed by atoms with Crippen LogP contribution in [-0.2, 0) is 6.42 Å². The van der Waals surface area contributed by atoms with Gasteiger partial charge in [0.1, 0.15) is 0 Å². The lowest BCUT2D eigenvalue weighted by Gasteiger charge is -2.29. The van der Waals surface area contributed by atoms with Gasteiger partial charge in [0, 0.05) is 24.6 Å². The van der Waals surface area contributed by atoms with Crippen LogP contribution in [0.5, 0.6) is 0 Å². The average molecular weight is 318 g/mol. The van der Waals surface area contributed by atoms with Gasteiger partial charge in [-0.05, 0) is 37.5 Å². The molecule has 3 heterocycles. The van der Waals surface area contributed by atoms with Crippen LogP contribution >= 0.6 is 0 Å². The first kappa shape index (κ1) is 14.6. The first-order valence-corrected chi connectivity index (χ1v) is 8.08. The summed E-state index contributed by atoms with van der Waals surface area (Å²) in [7, 11) is 0. The van der Waals surface area contributed by atoms with Gasteiger partial charge in [0.05, 0.1) is 29.5 Å². The number of fused-ring (bicyclic) bond motifs is 1. The van der Waals surface area contributed by atoms with E-state index in [-0.39, 0.29) is 5.91 Å². The quantitative estimate of drug-likeness (QED) is 0.729. The van der Waals surface area contributed by atoms with E-state index in [1.54, 1.807) is 18.7 Å². The Morgan fingerprint density at radius 3 is 2.92 bits per heavy atom. The van der Waals surface area contributed by atoms with Crippen LogP contribution in [0, 0.1) is 6.92 Å². The lowest BCUT2D eigenvalue weighted by Crippen LogP contribution is -2.35. The van der Waals surface area contributed by atoms with Gasteiger partial charge in [-0.25, -0.2) is 4.98 Å². The summed E-state index contributed by atoms with van der Waals surface area (Å²) in [6, 6.07) is 9.98. The topological polar surface area (TPSA) is 51.0 Å². The summed E-state index contributed by atoms with van der Waals surface area (Å²) in [6.07, 6.45) is 9.02. The second-order valence-electron chi connectivity index (χ2n) is 6.04. The van der Waals surface area contributed by atoms with Gasteiger partial charge < -0.3 is 9.47 Å². The molecule has 0 atom stereocenters. The highest BCUT2D eigenvalue weighted by Crippen LogP contribution is 2.28. The Hall–Kier alpha value is -2.95. The fourth-order valence-electron chi connectivity index (χ4n) is 3.15. The smallest absolute Gasteiger partial charge is 0.259 e. The van der Waals surface area contributed by atoms with Crippen molar-refractivity contribution >= 4 is 11.6 Å². The van der Waals surface area contributed by atoms with Crippen molar-refractivity contribution in [1.29, 1.82) is 0 Å². The molecule has 1 amide bonds. The highest BCUT2D eigenvalue weighted by Gasteiger charge is 2.23. The predicted octanol–water partition coefficient (Wildman–Crippen LogP) is 3.17. The molecule has 120 valence electrons. The lowest BCUT2D eigenvalue weighted by atomic mass is 10.0. The number of nitrogens with zero attached hydrogens (tertiary/aromatic N) is 4. The number of amides is 1. The second-order valence-corrected chi connectivity index (χ2v) is 6.04. The molecule has 3 aromatic rings. The number of rotatable bonds is 2. The van der Waals surface area contributed by atoms with Crippen molar-refractivity contribution in [2.24, 2.45) is 0 Å². The number of pyridine rings is 1. The highest BCUT2D eigenvalue weighted by molar-refractivity contribution is 6.06. The molecule has 0 saturated heterocycles. The van der Waals surface area contributed by atoms with Crippen molar-refractivity contribution < 1.29 is 4.79 Å². The molecule has 5 nitrogen and oxygen atoms in total. The number of benzene rings is 1. The molecule has 1 aliphatic rings. The number of imidazole rings is 1. The van der Waals surface area contributed by atoms with Crippen LogP contribution in [0.3, 0.4) is 0 Å². The van der Waals surface area contributed by atoms with Crippen molar-refractivity contribution in [2.45, 2.75) is 19.8 Å². The third-order valence-corrected chi connectivity index (χ3v) is 4.34. The zero-order valence-electron chi connectivity index (χ0n) is 13.5. The van der Waals surface area contributed by atoms with Crippen LogP contribution in [-0.4, -0.2) is 27.0 Å². The van der Waals surface area contributed by atoms with E-state index >= 15 is 0 Å². The minimum absolute atomic E-state index is 0.00617. The molecule has 0 fully saturated rings. The number of carbonyl (C=O) groups excluding carboxylic acids is 1. The molecule has 1 aliphatic heterocycles. The molecule has 0 bridgehead atoms. The van der Waals surface area contributed by atoms with Gasteiger partial charge in [0.15, 0.2) is 0 Å². The maximum atomic E-state index is 13.0. The summed E-state index contributed by atoms with van der Waals surface area (Å²) in [6.45, 7) is 2.67. The molecule has 4 rings (SSSR count). The zero-order valence-corrected chi connectivity index (χ0v) is 13.5.